The van der Waals surface area contributed by atoms with Gasteiger partial charge in [-0.3, -0.25) is 4.98 Å². The molecule has 5 heteroatoms. The van der Waals surface area contributed by atoms with Crippen molar-refractivity contribution in [1.29, 1.82) is 0 Å². The second-order valence-corrected chi connectivity index (χ2v) is 4.77. The van der Waals surface area contributed by atoms with Crippen LogP contribution >= 0.6 is 0 Å². The summed E-state index contributed by atoms with van der Waals surface area (Å²) < 4.78 is 5.61. The summed E-state index contributed by atoms with van der Waals surface area (Å²) in [5.41, 5.74) is 14.4. The van der Waals surface area contributed by atoms with Crippen LogP contribution in [0.1, 0.15) is 19.4 Å². The molecule has 2 rings (SSSR count). The highest BCUT2D eigenvalue weighted by Gasteiger charge is 2.04. The van der Waals surface area contributed by atoms with Crippen LogP contribution in [0.15, 0.2) is 42.7 Å². The Hall–Kier alpha value is -2.27. The Morgan fingerprint density at radius 1 is 1.18 bits per heavy atom. The van der Waals surface area contributed by atoms with Crippen LogP contribution in [0.5, 0.6) is 5.75 Å². The van der Waals surface area contributed by atoms with Gasteiger partial charge in [-0.25, -0.2) is 0 Å². The number of aryl methyl sites for hydroxylation is 1. The summed E-state index contributed by atoms with van der Waals surface area (Å²) >= 11 is 0. The van der Waals surface area contributed by atoms with Gasteiger partial charge in [0.1, 0.15) is 12.4 Å². The van der Waals surface area contributed by atoms with E-state index in [-0.39, 0.29) is 6.04 Å². The number of ether oxygens (including phenoxy) is 1. The summed E-state index contributed by atoms with van der Waals surface area (Å²) in [6.45, 7) is 7.04. The number of nitrogens with one attached hydrogen (secondary N) is 1. The molecule has 1 aromatic carbocycles. The fourth-order valence-electron chi connectivity index (χ4n) is 1.72. The third-order valence-corrected chi connectivity index (χ3v) is 2.79. The highest BCUT2D eigenvalue weighted by molar-refractivity contribution is 5.51. The van der Waals surface area contributed by atoms with Crippen molar-refractivity contribution in [1.82, 2.24) is 4.98 Å². The van der Waals surface area contributed by atoms with Crippen molar-refractivity contribution in [3.05, 3.63) is 48.3 Å². The van der Waals surface area contributed by atoms with Crippen LogP contribution in [0.3, 0.4) is 0 Å². The first-order valence-corrected chi connectivity index (χ1v) is 7.53. The molecule has 1 aromatic heterocycles. The molecule has 120 valence electrons. The zero-order valence-electron chi connectivity index (χ0n) is 13.5. The standard InChI is InChI=1S/C15H20N4O.C2H6/c1-11-6-15(9-18-7-11)20-10-13(17)8-19-14-4-2-12(16)3-5-14;1-2/h2-7,9,13,19H,8,10,16-17H2,1H3;1-2H3. The van der Waals surface area contributed by atoms with Gasteiger partial charge in [0.2, 0.25) is 0 Å². The molecular formula is C17H26N4O. The van der Waals surface area contributed by atoms with Crippen LogP contribution in [-0.2, 0) is 0 Å². The molecule has 0 amide bonds. The lowest BCUT2D eigenvalue weighted by Gasteiger charge is -2.15. The fraction of sp³-hybridized carbons (Fsp3) is 0.353. The van der Waals surface area contributed by atoms with E-state index < -0.39 is 0 Å². The molecule has 5 N–H and O–H groups in total. The van der Waals surface area contributed by atoms with E-state index in [0.29, 0.717) is 13.2 Å². The molecule has 0 bridgehead atoms. The molecule has 1 unspecified atom stereocenters. The molecule has 0 aliphatic rings. The van der Waals surface area contributed by atoms with E-state index in [9.17, 15) is 0 Å². The van der Waals surface area contributed by atoms with Crippen molar-refractivity contribution in [3.8, 4) is 5.75 Å². The van der Waals surface area contributed by atoms with Crippen molar-refractivity contribution >= 4 is 11.4 Å². The molecule has 0 aliphatic heterocycles. The molecule has 0 saturated heterocycles. The maximum absolute atomic E-state index is 6.00. The van der Waals surface area contributed by atoms with E-state index in [4.69, 9.17) is 16.2 Å². The van der Waals surface area contributed by atoms with Crippen LogP contribution in [0.25, 0.3) is 0 Å². The van der Waals surface area contributed by atoms with Crippen LogP contribution in [0, 0.1) is 6.92 Å². The predicted molar refractivity (Wildman–Crippen MR) is 93.1 cm³/mol. The van der Waals surface area contributed by atoms with Gasteiger partial charge in [-0.2, -0.15) is 0 Å². The smallest absolute Gasteiger partial charge is 0.137 e. The zero-order valence-corrected chi connectivity index (χ0v) is 13.5. The van der Waals surface area contributed by atoms with Crippen LogP contribution < -0.4 is 21.5 Å². The van der Waals surface area contributed by atoms with E-state index in [1.807, 2.05) is 51.1 Å². The number of rotatable bonds is 6. The first-order valence-electron chi connectivity index (χ1n) is 7.53. The normalized spacial score (nSPS) is 11.1. The maximum atomic E-state index is 6.00. The van der Waals surface area contributed by atoms with Crippen molar-refractivity contribution < 1.29 is 4.74 Å². The summed E-state index contributed by atoms with van der Waals surface area (Å²) in [6.07, 6.45) is 3.47. The summed E-state index contributed by atoms with van der Waals surface area (Å²) in [5.74, 6) is 0.743. The molecule has 0 saturated carbocycles. The van der Waals surface area contributed by atoms with Crippen molar-refractivity contribution in [2.75, 3.05) is 24.2 Å². The minimum absolute atomic E-state index is 0.104. The highest BCUT2D eigenvalue weighted by atomic mass is 16.5. The summed E-state index contributed by atoms with van der Waals surface area (Å²) in [6, 6.07) is 9.38. The Kier molecular flexibility index (Phi) is 7.78. The Labute approximate surface area is 132 Å². The SMILES string of the molecule is CC.Cc1cncc(OCC(N)CNc2ccc(N)cc2)c1. The quantitative estimate of drug-likeness (QED) is 0.714. The van der Waals surface area contributed by atoms with Gasteiger partial charge in [0.05, 0.1) is 12.2 Å². The van der Waals surface area contributed by atoms with E-state index >= 15 is 0 Å². The van der Waals surface area contributed by atoms with Gasteiger partial charge in [0.25, 0.3) is 0 Å². The molecule has 0 fully saturated rings. The topological polar surface area (TPSA) is 86.2 Å². The van der Waals surface area contributed by atoms with E-state index in [2.05, 4.69) is 10.3 Å². The number of benzene rings is 1. The van der Waals surface area contributed by atoms with Crippen molar-refractivity contribution in [2.45, 2.75) is 26.8 Å². The number of anilines is 2. The lowest BCUT2D eigenvalue weighted by molar-refractivity contribution is 0.292. The number of hydrogen-bond donors (Lipinski definition) is 3. The van der Waals surface area contributed by atoms with Crippen LogP contribution in [0.4, 0.5) is 11.4 Å². The van der Waals surface area contributed by atoms with Gasteiger partial charge in [-0.15, -0.1) is 0 Å². The second kappa shape index (κ2) is 9.63. The molecule has 1 heterocycles. The lowest BCUT2D eigenvalue weighted by Crippen LogP contribution is -2.35. The predicted octanol–water partition coefficient (Wildman–Crippen LogP) is 2.82. The Morgan fingerprint density at radius 2 is 1.86 bits per heavy atom. The second-order valence-electron chi connectivity index (χ2n) is 4.77. The third kappa shape index (κ3) is 6.45. The summed E-state index contributed by atoms with van der Waals surface area (Å²) in [4.78, 5) is 4.07. The molecule has 2 aromatic rings. The van der Waals surface area contributed by atoms with Gasteiger partial charge in [-0.05, 0) is 42.8 Å². The maximum Gasteiger partial charge on any atom is 0.137 e. The number of nitrogens with two attached hydrogens (primary N) is 2. The minimum Gasteiger partial charge on any atom is -0.490 e. The zero-order chi connectivity index (χ0) is 16.4. The lowest BCUT2D eigenvalue weighted by atomic mass is 10.2. The minimum atomic E-state index is -0.104. The third-order valence-electron chi connectivity index (χ3n) is 2.79. The van der Waals surface area contributed by atoms with Gasteiger partial charge in [0.15, 0.2) is 0 Å². The first kappa shape index (κ1) is 17.8. The molecule has 0 aliphatic carbocycles. The van der Waals surface area contributed by atoms with Crippen LogP contribution in [-0.4, -0.2) is 24.2 Å². The van der Waals surface area contributed by atoms with E-state index in [1.165, 1.54) is 0 Å². The first-order chi connectivity index (χ1) is 10.6. The van der Waals surface area contributed by atoms with E-state index in [0.717, 1.165) is 22.7 Å². The van der Waals surface area contributed by atoms with Crippen molar-refractivity contribution in [2.24, 2.45) is 5.73 Å². The Bertz CT molecular complexity index is 543. The van der Waals surface area contributed by atoms with Gasteiger partial charge in [0, 0.05) is 24.1 Å². The van der Waals surface area contributed by atoms with Crippen LogP contribution in [0.2, 0.25) is 0 Å². The summed E-state index contributed by atoms with van der Waals surface area (Å²) in [7, 11) is 0. The van der Waals surface area contributed by atoms with Gasteiger partial charge in [-0.1, -0.05) is 13.8 Å². The summed E-state index contributed by atoms with van der Waals surface area (Å²) in [5, 5.41) is 3.24. The molecule has 0 spiro atoms. The van der Waals surface area contributed by atoms with E-state index in [1.54, 1.807) is 12.4 Å². The van der Waals surface area contributed by atoms with Crippen molar-refractivity contribution in [3.63, 3.8) is 0 Å². The highest BCUT2D eigenvalue weighted by Crippen LogP contribution is 2.11. The number of nitrogen functional groups attached to an aromatic ring is 1. The number of nitrogens with zero attached hydrogens (tertiary/aromatic N) is 1. The number of pyridine rings is 1. The molecular weight excluding hydrogens is 276 g/mol. The number of aromatic nitrogens is 1. The fourth-order valence-corrected chi connectivity index (χ4v) is 1.72. The Balaban J connectivity index is 0.00000116. The molecule has 1 atom stereocenters. The molecule has 5 nitrogen and oxygen atoms in total. The number of hydrogen-bond acceptors (Lipinski definition) is 5. The Morgan fingerprint density at radius 3 is 2.50 bits per heavy atom. The molecule has 0 radical (unpaired) electrons. The monoisotopic (exact) mass is 302 g/mol. The average molecular weight is 302 g/mol. The molecule has 22 heavy (non-hydrogen) atoms. The largest absolute Gasteiger partial charge is 0.490 e. The van der Waals surface area contributed by atoms with Gasteiger partial charge < -0.3 is 21.5 Å². The average Bonchev–Trinajstić information content (AvgIpc) is 2.54. The van der Waals surface area contributed by atoms with Gasteiger partial charge >= 0.3 is 0 Å².